The first-order valence-corrected chi connectivity index (χ1v) is 12.8. The molecule has 0 radical (unpaired) electrons. The van der Waals surface area contributed by atoms with Crippen LogP contribution in [0.2, 0.25) is 5.02 Å². The first-order chi connectivity index (χ1) is 17.3. The van der Waals surface area contributed by atoms with Crippen LogP contribution >= 0.6 is 11.6 Å². The maximum Gasteiger partial charge on any atom is 0.204 e. The van der Waals surface area contributed by atoms with Gasteiger partial charge in [0.2, 0.25) is 5.82 Å². The summed E-state index contributed by atoms with van der Waals surface area (Å²) >= 11 is 5.92. The van der Waals surface area contributed by atoms with Gasteiger partial charge in [-0.3, -0.25) is 9.55 Å². The lowest BCUT2D eigenvalue weighted by atomic mass is 10.1. The molecule has 1 aromatic carbocycles. The van der Waals surface area contributed by atoms with E-state index in [1.165, 1.54) is 32.7 Å². The zero-order valence-corrected chi connectivity index (χ0v) is 21.2. The van der Waals surface area contributed by atoms with Gasteiger partial charge in [-0.1, -0.05) is 17.7 Å². The van der Waals surface area contributed by atoms with Crippen molar-refractivity contribution >= 4 is 21.4 Å². The van der Waals surface area contributed by atoms with Gasteiger partial charge in [0, 0.05) is 12.6 Å². The molecule has 4 aromatic rings. The Balaban J connectivity index is 1.77. The Labute approximate surface area is 213 Å². The van der Waals surface area contributed by atoms with E-state index in [1.807, 2.05) is 6.07 Å². The van der Waals surface area contributed by atoms with Gasteiger partial charge < -0.3 is 13.9 Å². The van der Waals surface area contributed by atoms with Crippen LogP contribution < -0.4 is 9.47 Å². The number of aromatic nitrogens is 4. The van der Waals surface area contributed by atoms with Gasteiger partial charge in [-0.15, -0.1) is 10.2 Å². The van der Waals surface area contributed by atoms with Crippen LogP contribution in [-0.4, -0.2) is 47.6 Å². The minimum Gasteiger partial charge on any atom is -0.494 e. The van der Waals surface area contributed by atoms with Crippen molar-refractivity contribution in [2.45, 2.75) is 24.3 Å². The van der Waals surface area contributed by atoms with E-state index in [4.69, 9.17) is 25.5 Å². The zero-order chi connectivity index (χ0) is 25.9. The third-order valence-electron chi connectivity index (χ3n) is 5.58. The van der Waals surface area contributed by atoms with Crippen molar-refractivity contribution in [2.75, 3.05) is 14.2 Å². The van der Waals surface area contributed by atoms with E-state index in [-0.39, 0.29) is 23.6 Å². The van der Waals surface area contributed by atoms with Gasteiger partial charge in [0.1, 0.15) is 29.0 Å². The molecule has 0 aliphatic carbocycles. The molecule has 0 bridgehead atoms. The average Bonchev–Trinajstić information content (AvgIpc) is 3.54. The van der Waals surface area contributed by atoms with Crippen molar-refractivity contribution in [1.29, 1.82) is 5.26 Å². The minimum atomic E-state index is -3.79. The number of methoxy groups -OCH3 is 2. The van der Waals surface area contributed by atoms with E-state index in [9.17, 15) is 13.7 Å². The van der Waals surface area contributed by atoms with Crippen LogP contribution in [0.3, 0.4) is 0 Å². The average molecular weight is 528 g/mol. The maximum atomic E-state index is 13.5. The number of nitrogens with zero attached hydrogens (tertiary/aromatic N) is 5. The van der Waals surface area contributed by atoms with E-state index >= 15 is 0 Å². The number of pyridine rings is 1. The molecule has 0 saturated heterocycles. The van der Waals surface area contributed by atoms with Gasteiger partial charge in [-0.2, -0.15) is 5.26 Å². The zero-order valence-electron chi connectivity index (χ0n) is 19.7. The summed E-state index contributed by atoms with van der Waals surface area (Å²) in [7, 11) is -0.791. The Hall–Kier alpha value is -3.88. The summed E-state index contributed by atoms with van der Waals surface area (Å²) in [6.07, 6.45) is 2.90. The number of hydrogen-bond donors (Lipinski definition) is 0. The van der Waals surface area contributed by atoms with Crippen molar-refractivity contribution in [2.24, 2.45) is 0 Å². The minimum absolute atomic E-state index is 0.0273. The smallest absolute Gasteiger partial charge is 0.204 e. The molecular weight excluding hydrogens is 506 g/mol. The number of para-hydroxylation sites is 1. The molecule has 4 rings (SSSR count). The summed E-state index contributed by atoms with van der Waals surface area (Å²) in [5, 5.41) is 17.2. The number of furan rings is 1. The Morgan fingerprint density at radius 3 is 2.50 bits per heavy atom. The Morgan fingerprint density at radius 1 is 1.17 bits per heavy atom. The lowest BCUT2D eigenvalue weighted by Gasteiger charge is -2.18. The second-order valence-electron chi connectivity index (χ2n) is 7.85. The van der Waals surface area contributed by atoms with Crippen molar-refractivity contribution in [3.8, 4) is 34.8 Å². The Kier molecular flexibility index (Phi) is 7.28. The molecule has 0 amide bonds. The second-order valence-corrected chi connectivity index (χ2v) is 10.7. The Bertz CT molecular complexity index is 1500. The van der Waals surface area contributed by atoms with Crippen LogP contribution in [0.1, 0.15) is 24.0 Å². The molecule has 1 atom stereocenters. The highest BCUT2D eigenvalue weighted by atomic mass is 35.5. The predicted octanol–water partition coefficient (Wildman–Crippen LogP) is 4.01. The van der Waals surface area contributed by atoms with E-state index in [1.54, 1.807) is 41.8 Å². The molecule has 0 unspecified atom stereocenters. The van der Waals surface area contributed by atoms with Gasteiger partial charge >= 0.3 is 0 Å². The molecule has 3 aromatic heterocycles. The molecular formula is C24H22ClN5O5S. The summed E-state index contributed by atoms with van der Waals surface area (Å²) in [5.74, 6) is 1.22. The molecule has 36 heavy (non-hydrogen) atoms. The normalized spacial score (nSPS) is 12.2. The van der Waals surface area contributed by atoms with Crippen LogP contribution in [0.15, 0.2) is 53.3 Å². The van der Waals surface area contributed by atoms with Crippen molar-refractivity contribution < 1.29 is 22.3 Å². The quantitative estimate of drug-likeness (QED) is 0.316. The van der Waals surface area contributed by atoms with Gasteiger partial charge in [-0.25, -0.2) is 8.42 Å². The highest BCUT2D eigenvalue weighted by Crippen LogP contribution is 2.37. The molecule has 0 spiro atoms. The predicted molar refractivity (Wildman–Crippen MR) is 132 cm³/mol. The molecule has 12 heteroatoms. The fourth-order valence-corrected chi connectivity index (χ4v) is 5.11. The van der Waals surface area contributed by atoms with Crippen LogP contribution in [-0.2, 0) is 22.0 Å². The van der Waals surface area contributed by atoms with E-state index < -0.39 is 20.8 Å². The van der Waals surface area contributed by atoms with E-state index in [2.05, 4.69) is 15.2 Å². The van der Waals surface area contributed by atoms with Crippen LogP contribution in [0.5, 0.6) is 11.5 Å². The van der Waals surface area contributed by atoms with Crippen LogP contribution in [0.25, 0.3) is 17.3 Å². The summed E-state index contributed by atoms with van der Waals surface area (Å²) in [6.45, 7) is 1.56. The van der Waals surface area contributed by atoms with Crippen LogP contribution in [0.4, 0.5) is 0 Å². The first kappa shape index (κ1) is 25.2. The standard InChI is InChI=1S/C24H22ClN5O5S/c1-15(10-18-16(12-26)11-17(25)13-27-18)36(31,32)14-22-28-29-24(21-8-5-9-35-21)30(22)23-19(33-2)6-4-7-20(23)34-3/h4-9,11,13,15H,10,14H2,1-3H3/t15-/m1/s1. The van der Waals surface area contributed by atoms with Crippen molar-refractivity contribution in [3.05, 3.63) is 71.0 Å². The molecule has 0 fully saturated rings. The SMILES string of the molecule is COc1cccc(OC)c1-n1c(CS(=O)(=O)[C@H](C)Cc2ncc(Cl)cc2C#N)nnc1-c1ccco1. The number of ether oxygens (including phenoxy) is 2. The van der Waals surface area contributed by atoms with Gasteiger partial charge in [0.05, 0.1) is 42.0 Å². The number of benzene rings is 1. The molecule has 0 N–H and O–H groups in total. The summed E-state index contributed by atoms with van der Waals surface area (Å²) < 4.78 is 45.1. The molecule has 0 aliphatic rings. The molecule has 0 aliphatic heterocycles. The fourth-order valence-electron chi connectivity index (χ4n) is 3.71. The molecule has 10 nitrogen and oxygen atoms in total. The monoisotopic (exact) mass is 527 g/mol. The number of sulfone groups is 1. The highest BCUT2D eigenvalue weighted by Gasteiger charge is 2.30. The van der Waals surface area contributed by atoms with Crippen molar-refractivity contribution in [1.82, 2.24) is 19.7 Å². The van der Waals surface area contributed by atoms with Crippen LogP contribution in [0, 0.1) is 11.3 Å². The van der Waals surface area contributed by atoms with Gasteiger partial charge in [-0.05, 0) is 37.3 Å². The number of hydrogen-bond acceptors (Lipinski definition) is 9. The van der Waals surface area contributed by atoms with E-state index in [0.29, 0.717) is 33.7 Å². The van der Waals surface area contributed by atoms with E-state index in [0.717, 1.165) is 0 Å². The highest BCUT2D eigenvalue weighted by molar-refractivity contribution is 7.91. The number of halogens is 1. The molecule has 186 valence electrons. The van der Waals surface area contributed by atoms with Gasteiger partial charge in [0.25, 0.3) is 0 Å². The second kappa shape index (κ2) is 10.4. The van der Waals surface area contributed by atoms with Gasteiger partial charge in [0.15, 0.2) is 21.4 Å². The summed E-state index contributed by atoms with van der Waals surface area (Å²) in [5.41, 5.74) is 1.01. The molecule has 0 saturated carbocycles. The molecule has 3 heterocycles. The fraction of sp³-hybridized carbons (Fsp3) is 0.250. The first-order valence-electron chi connectivity index (χ1n) is 10.7. The number of nitriles is 1. The third kappa shape index (κ3) is 4.91. The summed E-state index contributed by atoms with van der Waals surface area (Å²) in [4.78, 5) is 4.16. The largest absolute Gasteiger partial charge is 0.494 e. The lowest BCUT2D eigenvalue weighted by Crippen LogP contribution is -2.24. The number of rotatable bonds is 9. The lowest BCUT2D eigenvalue weighted by molar-refractivity contribution is 0.390. The maximum absolute atomic E-state index is 13.5. The Morgan fingerprint density at radius 2 is 1.89 bits per heavy atom. The summed E-state index contributed by atoms with van der Waals surface area (Å²) in [6, 6.07) is 12.1. The third-order valence-corrected chi connectivity index (χ3v) is 7.84. The van der Waals surface area contributed by atoms with Crippen molar-refractivity contribution in [3.63, 3.8) is 0 Å². The topological polar surface area (TPSA) is 133 Å².